The first-order valence-electron chi connectivity index (χ1n) is 9.08. The number of rotatable bonds is 3. The van der Waals surface area contributed by atoms with E-state index < -0.39 is 9.84 Å². The maximum Gasteiger partial charge on any atom is 0.175 e. The molecule has 134 valence electrons. The Hall–Kier alpha value is -1.66. The molecule has 0 aliphatic carbocycles. The molecule has 1 N–H and O–H groups in total. The zero-order valence-electron chi connectivity index (χ0n) is 14.6. The highest BCUT2D eigenvalue weighted by molar-refractivity contribution is 7.90. The number of nitrogens with one attached hydrogen (secondary N) is 1. The average Bonchev–Trinajstić information content (AvgIpc) is 3.05. The molecule has 6 heteroatoms. The Morgan fingerprint density at radius 3 is 2.48 bits per heavy atom. The maximum absolute atomic E-state index is 11.6. The number of fused-ring (bicyclic) bond motifs is 1. The topological polar surface area (TPSA) is 64.0 Å². The van der Waals surface area contributed by atoms with E-state index in [1.165, 1.54) is 25.5 Å². The van der Waals surface area contributed by atoms with Crippen LogP contribution in [0.4, 0.5) is 0 Å². The van der Waals surface area contributed by atoms with Gasteiger partial charge in [0.1, 0.15) is 5.82 Å². The zero-order valence-corrected chi connectivity index (χ0v) is 15.4. The highest BCUT2D eigenvalue weighted by Crippen LogP contribution is 2.32. The summed E-state index contributed by atoms with van der Waals surface area (Å²) in [7, 11) is -3.15. The minimum Gasteiger partial charge on any atom is -0.334 e. The molecule has 4 rings (SSSR count). The summed E-state index contributed by atoms with van der Waals surface area (Å²) in [5.74, 6) is 2.74. The van der Waals surface area contributed by atoms with E-state index in [4.69, 9.17) is 4.98 Å². The van der Waals surface area contributed by atoms with Gasteiger partial charge in [-0.15, -0.1) is 0 Å². The number of nitrogens with zero attached hydrogens (tertiary/aromatic N) is 2. The van der Waals surface area contributed by atoms with E-state index in [1.54, 1.807) is 12.1 Å². The number of hydrogen-bond acceptors (Lipinski definition) is 4. The molecule has 1 fully saturated rings. The fraction of sp³-hybridized carbons (Fsp3) is 0.526. The number of sulfone groups is 1. The van der Waals surface area contributed by atoms with Crippen LogP contribution in [-0.2, 0) is 22.8 Å². The largest absolute Gasteiger partial charge is 0.334 e. The van der Waals surface area contributed by atoms with Crippen molar-refractivity contribution in [2.24, 2.45) is 11.8 Å². The fourth-order valence-electron chi connectivity index (χ4n) is 4.18. The Bertz CT molecular complexity index is 849. The highest BCUT2D eigenvalue weighted by atomic mass is 32.2. The van der Waals surface area contributed by atoms with Crippen LogP contribution >= 0.6 is 0 Å². The lowest BCUT2D eigenvalue weighted by atomic mass is 9.81. The van der Waals surface area contributed by atoms with Gasteiger partial charge in [-0.3, -0.25) is 0 Å². The van der Waals surface area contributed by atoms with Crippen molar-refractivity contribution in [2.45, 2.75) is 37.1 Å². The molecule has 0 radical (unpaired) electrons. The molecule has 2 aliphatic rings. The summed E-state index contributed by atoms with van der Waals surface area (Å²) in [6.45, 7) is 3.36. The molecule has 2 aliphatic heterocycles. The molecule has 1 atom stereocenters. The summed E-state index contributed by atoms with van der Waals surface area (Å²) in [6.07, 6.45) is 8.21. The van der Waals surface area contributed by atoms with Crippen molar-refractivity contribution in [1.82, 2.24) is 14.9 Å². The lowest BCUT2D eigenvalue weighted by Gasteiger charge is -2.33. The van der Waals surface area contributed by atoms with Gasteiger partial charge in [-0.1, -0.05) is 12.1 Å². The van der Waals surface area contributed by atoms with Crippen LogP contribution in [0.15, 0.2) is 35.4 Å². The van der Waals surface area contributed by atoms with Crippen molar-refractivity contribution in [3.05, 3.63) is 36.3 Å². The first kappa shape index (κ1) is 16.8. The van der Waals surface area contributed by atoms with Crippen LogP contribution in [-0.4, -0.2) is 37.3 Å². The minimum absolute atomic E-state index is 0.353. The van der Waals surface area contributed by atoms with Gasteiger partial charge in [0, 0.05) is 31.0 Å². The number of piperidine rings is 1. The van der Waals surface area contributed by atoms with Gasteiger partial charge >= 0.3 is 0 Å². The van der Waals surface area contributed by atoms with Crippen LogP contribution < -0.4 is 5.32 Å². The number of imidazole rings is 1. The first-order chi connectivity index (χ1) is 12.0. The van der Waals surface area contributed by atoms with Crippen molar-refractivity contribution in [3.63, 3.8) is 0 Å². The van der Waals surface area contributed by atoms with Crippen LogP contribution in [0.3, 0.4) is 0 Å². The van der Waals surface area contributed by atoms with Crippen molar-refractivity contribution >= 4 is 9.84 Å². The quantitative estimate of drug-likeness (QED) is 0.915. The van der Waals surface area contributed by atoms with Gasteiger partial charge in [0.15, 0.2) is 9.84 Å². The highest BCUT2D eigenvalue weighted by Gasteiger charge is 2.28. The molecule has 25 heavy (non-hydrogen) atoms. The second kappa shape index (κ2) is 6.57. The molecule has 1 aromatic heterocycles. The van der Waals surface area contributed by atoms with Crippen LogP contribution in [0, 0.1) is 11.8 Å². The molecule has 1 aromatic carbocycles. The van der Waals surface area contributed by atoms with Gasteiger partial charge in [-0.2, -0.15) is 0 Å². The Morgan fingerprint density at radius 2 is 1.80 bits per heavy atom. The standard InChI is InChI=1S/C19H25N3O2S/c1-25(23,24)17-5-2-15(3-6-17)18-13-22-12-16(4-7-19(22)21-18)14-8-10-20-11-9-14/h2-3,5-6,13-14,16,20H,4,7-12H2,1H3/t16-/m0/s1. The van der Waals surface area contributed by atoms with Crippen LogP contribution in [0.5, 0.6) is 0 Å². The van der Waals surface area contributed by atoms with Gasteiger partial charge in [0.05, 0.1) is 10.6 Å². The zero-order chi connectivity index (χ0) is 17.4. The molecule has 0 bridgehead atoms. The molecular weight excluding hydrogens is 334 g/mol. The predicted molar refractivity (Wildman–Crippen MR) is 98.2 cm³/mol. The van der Waals surface area contributed by atoms with Crippen molar-refractivity contribution in [1.29, 1.82) is 0 Å². The van der Waals surface area contributed by atoms with Crippen molar-refractivity contribution < 1.29 is 8.42 Å². The van der Waals surface area contributed by atoms with Crippen LogP contribution in [0.25, 0.3) is 11.3 Å². The Kier molecular flexibility index (Phi) is 4.41. The van der Waals surface area contributed by atoms with Crippen LogP contribution in [0.2, 0.25) is 0 Å². The van der Waals surface area contributed by atoms with Crippen molar-refractivity contribution in [3.8, 4) is 11.3 Å². The fourth-order valence-corrected chi connectivity index (χ4v) is 4.81. The van der Waals surface area contributed by atoms with Gasteiger partial charge < -0.3 is 9.88 Å². The summed E-state index contributed by atoms with van der Waals surface area (Å²) in [5.41, 5.74) is 1.92. The third-order valence-corrected chi connectivity index (χ3v) is 6.79. The lowest BCUT2D eigenvalue weighted by Crippen LogP contribution is -2.35. The summed E-state index contributed by atoms with van der Waals surface area (Å²) < 4.78 is 25.5. The Labute approximate surface area is 149 Å². The van der Waals surface area contributed by atoms with E-state index in [-0.39, 0.29) is 0 Å². The van der Waals surface area contributed by atoms with Gasteiger partial charge in [0.25, 0.3) is 0 Å². The van der Waals surface area contributed by atoms with E-state index in [2.05, 4.69) is 16.1 Å². The average molecular weight is 359 g/mol. The number of hydrogen-bond donors (Lipinski definition) is 1. The summed E-state index contributed by atoms with van der Waals surface area (Å²) in [4.78, 5) is 5.15. The number of aromatic nitrogens is 2. The smallest absolute Gasteiger partial charge is 0.175 e. The molecule has 0 unspecified atom stereocenters. The molecular formula is C19H25N3O2S. The SMILES string of the molecule is CS(=O)(=O)c1ccc(-c2cn3c(n2)CC[C@H](C2CCNCC2)C3)cc1. The van der Waals surface area contributed by atoms with Crippen molar-refractivity contribution in [2.75, 3.05) is 19.3 Å². The molecule has 3 heterocycles. The molecule has 2 aromatic rings. The second-order valence-corrected chi connectivity index (χ2v) is 9.39. The van der Waals surface area contributed by atoms with E-state index >= 15 is 0 Å². The monoisotopic (exact) mass is 359 g/mol. The second-order valence-electron chi connectivity index (χ2n) is 7.38. The summed E-state index contributed by atoms with van der Waals surface area (Å²) in [6, 6.07) is 7.05. The molecule has 5 nitrogen and oxygen atoms in total. The maximum atomic E-state index is 11.6. The van der Waals surface area contributed by atoms with Crippen LogP contribution in [0.1, 0.15) is 25.1 Å². The number of aryl methyl sites for hydroxylation is 1. The van der Waals surface area contributed by atoms with E-state index in [9.17, 15) is 8.42 Å². The molecule has 1 saturated heterocycles. The third kappa shape index (κ3) is 3.51. The predicted octanol–water partition coefficient (Wildman–Crippen LogP) is 2.52. The lowest BCUT2D eigenvalue weighted by molar-refractivity contribution is 0.205. The van der Waals surface area contributed by atoms with Gasteiger partial charge in [0.2, 0.25) is 0 Å². The summed E-state index contributed by atoms with van der Waals surface area (Å²) >= 11 is 0. The van der Waals surface area contributed by atoms with Gasteiger partial charge in [-0.25, -0.2) is 13.4 Å². The third-order valence-electron chi connectivity index (χ3n) is 5.66. The summed E-state index contributed by atoms with van der Waals surface area (Å²) in [5, 5.41) is 3.45. The van der Waals surface area contributed by atoms with Gasteiger partial charge in [-0.05, 0) is 56.3 Å². The van der Waals surface area contributed by atoms with E-state index in [1.807, 2.05) is 12.1 Å². The number of benzene rings is 1. The van der Waals surface area contributed by atoms with E-state index in [0.29, 0.717) is 4.90 Å². The Balaban J connectivity index is 1.54. The molecule has 0 amide bonds. The normalized spacial score (nSPS) is 21.9. The molecule has 0 spiro atoms. The Morgan fingerprint density at radius 1 is 1.08 bits per heavy atom. The minimum atomic E-state index is -3.15. The van der Waals surface area contributed by atoms with E-state index in [0.717, 1.165) is 55.0 Å². The first-order valence-corrected chi connectivity index (χ1v) is 11.0. The molecule has 0 saturated carbocycles.